The first-order valence-electron chi connectivity index (χ1n) is 8.68. The quantitative estimate of drug-likeness (QED) is 0.785. The van der Waals surface area contributed by atoms with Crippen LogP contribution in [0.3, 0.4) is 0 Å². The Balaban J connectivity index is 1.94. The number of nitrogens with zero attached hydrogens (tertiary/aromatic N) is 2. The van der Waals surface area contributed by atoms with E-state index in [1.54, 1.807) is 28.6 Å². The summed E-state index contributed by atoms with van der Waals surface area (Å²) >= 11 is 0. The number of hydrogen-bond donors (Lipinski definition) is 0. The van der Waals surface area contributed by atoms with Gasteiger partial charge in [-0.15, -0.1) is 0 Å². The zero-order valence-corrected chi connectivity index (χ0v) is 15.7. The minimum Gasteiger partial charge on any atom is -0.494 e. The normalized spacial score (nSPS) is 18.6. The van der Waals surface area contributed by atoms with E-state index in [4.69, 9.17) is 9.26 Å². The smallest absolute Gasteiger partial charge is 0.243 e. The molecule has 1 aliphatic heterocycles. The average molecular weight is 364 g/mol. The number of ether oxygens (including phenoxy) is 1. The lowest BCUT2D eigenvalue weighted by atomic mass is 10.0. The van der Waals surface area contributed by atoms with Gasteiger partial charge in [-0.05, 0) is 51.0 Å². The molecule has 0 spiro atoms. The molecular weight excluding hydrogens is 340 g/mol. The zero-order valence-electron chi connectivity index (χ0n) is 14.9. The van der Waals surface area contributed by atoms with Crippen LogP contribution in [0.2, 0.25) is 0 Å². The molecule has 3 rings (SSSR count). The Labute approximate surface area is 148 Å². The van der Waals surface area contributed by atoms with Crippen molar-refractivity contribution in [2.24, 2.45) is 0 Å². The van der Waals surface area contributed by atoms with Crippen LogP contribution >= 0.6 is 0 Å². The van der Waals surface area contributed by atoms with E-state index < -0.39 is 10.0 Å². The second-order valence-corrected chi connectivity index (χ2v) is 8.03. The Bertz CT molecular complexity index is 827. The second-order valence-electron chi connectivity index (χ2n) is 6.14. The molecule has 0 radical (unpaired) electrons. The fourth-order valence-corrected chi connectivity index (χ4v) is 5.10. The van der Waals surface area contributed by atoms with E-state index in [1.807, 2.05) is 20.8 Å². The summed E-state index contributed by atoms with van der Waals surface area (Å²) < 4.78 is 38.7. The minimum atomic E-state index is -3.58. The van der Waals surface area contributed by atoms with Crippen molar-refractivity contribution < 1.29 is 17.7 Å². The molecule has 1 atom stereocenters. The predicted molar refractivity (Wildman–Crippen MR) is 94.1 cm³/mol. The summed E-state index contributed by atoms with van der Waals surface area (Å²) in [6.07, 6.45) is 2.31. The lowest BCUT2D eigenvalue weighted by Crippen LogP contribution is -2.31. The van der Waals surface area contributed by atoms with Crippen LogP contribution in [-0.4, -0.2) is 31.0 Å². The molecule has 0 bridgehead atoms. The maximum absolute atomic E-state index is 13.2. The molecule has 1 aromatic carbocycles. The maximum atomic E-state index is 13.2. The standard InChI is InChI=1S/C18H24N2O4S/c1-4-17-18(13(3)19-24-17)16-7-6-12-20(16)25(21,22)15-10-8-14(9-11-15)23-5-2/h8-11,16H,4-7,12H2,1-3H3/t16-/m0/s1. The van der Waals surface area contributed by atoms with Crippen LogP contribution in [0.25, 0.3) is 0 Å². The first-order chi connectivity index (χ1) is 12.0. The van der Waals surface area contributed by atoms with Crippen molar-refractivity contribution >= 4 is 10.0 Å². The third kappa shape index (κ3) is 3.30. The Morgan fingerprint density at radius 3 is 2.64 bits per heavy atom. The number of sulfonamides is 1. The summed E-state index contributed by atoms with van der Waals surface area (Å²) in [6, 6.07) is 6.40. The molecule has 0 N–H and O–H groups in total. The first-order valence-corrected chi connectivity index (χ1v) is 10.1. The number of aryl methyl sites for hydroxylation is 2. The minimum absolute atomic E-state index is 0.210. The van der Waals surface area contributed by atoms with Gasteiger partial charge < -0.3 is 9.26 Å². The maximum Gasteiger partial charge on any atom is 0.243 e. The van der Waals surface area contributed by atoms with E-state index in [9.17, 15) is 8.42 Å². The molecule has 1 aliphatic rings. The fourth-order valence-electron chi connectivity index (χ4n) is 3.43. The molecule has 0 saturated carbocycles. The van der Waals surface area contributed by atoms with Gasteiger partial charge in [-0.25, -0.2) is 8.42 Å². The van der Waals surface area contributed by atoms with Gasteiger partial charge in [0.1, 0.15) is 11.5 Å². The van der Waals surface area contributed by atoms with Crippen molar-refractivity contribution in [2.75, 3.05) is 13.2 Å². The molecule has 2 aromatic rings. The van der Waals surface area contributed by atoms with Crippen LogP contribution in [0.1, 0.15) is 49.7 Å². The van der Waals surface area contributed by atoms with Gasteiger partial charge in [-0.2, -0.15) is 4.31 Å². The SMILES string of the molecule is CCOc1ccc(S(=O)(=O)N2CCC[C@H]2c2c(C)noc2CC)cc1. The molecule has 1 saturated heterocycles. The summed E-state index contributed by atoms with van der Waals surface area (Å²) in [7, 11) is -3.58. The summed E-state index contributed by atoms with van der Waals surface area (Å²) in [6.45, 7) is 6.81. The summed E-state index contributed by atoms with van der Waals surface area (Å²) in [5.74, 6) is 1.44. The zero-order chi connectivity index (χ0) is 18.0. The number of aromatic nitrogens is 1. The third-order valence-electron chi connectivity index (χ3n) is 4.58. The molecule has 2 heterocycles. The highest BCUT2D eigenvalue weighted by atomic mass is 32.2. The average Bonchev–Trinajstić information content (AvgIpc) is 3.22. The van der Waals surface area contributed by atoms with Gasteiger partial charge in [0.05, 0.1) is 23.2 Å². The predicted octanol–water partition coefficient (Wildman–Crippen LogP) is 3.47. The van der Waals surface area contributed by atoms with Gasteiger partial charge >= 0.3 is 0 Å². The molecule has 0 amide bonds. The third-order valence-corrected chi connectivity index (χ3v) is 6.50. The fraction of sp³-hybridized carbons (Fsp3) is 0.500. The molecule has 7 heteroatoms. The molecule has 6 nitrogen and oxygen atoms in total. The highest BCUT2D eigenvalue weighted by Gasteiger charge is 2.39. The highest BCUT2D eigenvalue weighted by molar-refractivity contribution is 7.89. The van der Waals surface area contributed by atoms with E-state index >= 15 is 0 Å². The van der Waals surface area contributed by atoms with E-state index in [1.165, 1.54) is 0 Å². The molecule has 1 aromatic heterocycles. The summed E-state index contributed by atoms with van der Waals surface area (Å²) in [5.41, 5.74) is 1.70. The van der Waals surface area contributed by atoms with E-state index in [-0.39, 0.29) is 10.9 Å². The molecule has 0 aliphatic carbocycles. The van der Waals surface area contributed by atoms with Gasteiger partial charge in [-0.3, -0.25) is 0 Å². The van der Waals surface area contributed by atoms with Crippen molar-refractivity contribution in [1.82, 2.24) is 9.46 Å². The Morgan fingerprint density at radius 2 is 2.00 bits per heavy atom. The Hall–Kier alpha value is -1.86. The van der Waals surface area contributed by atoms with Crippen LogP contribution in [0.5, 0.6) is 5.75 Å². The van der Waals surface area contributed by atoms with Crippen LogP contribution < -0.4 is 4.74 Å². The number of rotatable bonds is 6. The number of benzene rings is 1. The van der Waals surface area contributed by atoms with Gasteiger partial charge in [-0.1, -0.05) is 12.1 Å². The summed E-state index contributed by atoms with van der Waals surface area (Å²) in [5, 5.41) is 4.04. The Morgan fingerprint density at radius 1 is 1.28 bits per heavy atom. The largest absolute Gasteiger partial charge is 0.494 e. The van der Waals surface area contributed by atoms with E-state index in [0.29, 0.717) is 25.3 Å². The van der Waals surface area contributed by atoms with Crippen molar-refractivity contribution in [2.45, 2.75) is 51.0 Å². The monoisotopic (exact) mass is 364 g/mol. The second kappa shape index (κ2) is 7.17. The lowest BCUT2D eigenvalue weighted by Gasteiger charge is -2.24. The van der Waals surface area contributed by atoms with Gasteiger partial charge in [0.15, 0.2) is 0 Å². The topological polar surface area (TPSA) is 72.6 Å². The molecule has 0 unspecified atom stereocenters. The summed E-state index contributed by atoms with van der Waals surface area (Å²) in [4.78, 5) is 0.287. The van der Waals surface area contributed by atoms with Gasteiger partial charge in [0, 0.05) is 18.5 Å². The van der Waals surface area contributed by atoms with Crippen LogP contribution in [0.15, 0.2) is 33.7 Å². The van der Waals surface area contributed by atoms with Crippen LogP contribution in [0.4, 0.5) is 0 Å². The van der Waals surface area contributed by atoms with Crippen LogP contribution in [-0.2, 0) is 16.4 Å². The molecule has 25 heavy (non-hydrogen) atoms. The van der Waals surface area contributed by atoms with Crippen molar-refractivity contribution in [3.05, 3.63) is 41.3 Å². The van der Waals surface area contributed by atoms with Gasteiger partial charge in [0.25, 0.3) is 0 Å². The molecule has 136 valence electrons. The van der Waals surface area contributed by atoms with E-state index in [0.717, 1.165) is 29.9 Å². The van der Waals surface area contributed by atoms with Crippen molar-refractivity contribution in [3.63, 3.8) is 0 Å². The van der Waals surface area contributed by atoms with Crippen molar-refractivity contribution in [1.29, 1.82) is 0 Å². The molecular formula is C18H24N2O4S. The van der Waals surface area contributed by atoms with Gasteiger partial charge in [0.2, 0.25) is 10.0 Å². The lowest BCUT2D eigenvalue weighted by molar-refractivity contribution is 0.340. The number of hydrogen-bond acceptors (Lipinski definition) is 5. The Kier molecular flexibility index (Phi) is 5.15. The van der Waals surface area contributed by atoms with E-state index in [2.05, 4.69) is 5.16 Å². The van der Waals surface area contributed by atoms with Crippen LogP contribution in [0, 0.1) is 6.92 Å². The molecule has 1 fully saturated rings. The first kappa shape index (κ1) is 17.9. The van der Waals surface area contributed by atoms with Crippen molar-refractivity contribution in [3.8, 4) is 5.75 Å². The highest BCUT2D eigenvalue weighted by Crippen LogP contribution is 2.39.